The molecule has 70 valence electrons. The molecule has 0 saturated heterocycles. The SMILES string of the molecule is Nc1ccc(C=CCCS)cc1O. The number of thiol groups is 1. The van der Waals surface area contributed by atoms with Gasteiger partial charge in [-0.1, -0.05) is 18.2 Å². The highest BCUT2D eigenvalue weighted by Crippen LogP contribution is 2.21. The Morgan fingerprint density at radius 3 is 2.85 bits per heavy atom. The predicted molar refractivity (Wildman–Crippen MR) is 60.0 cm³/mol. The molecule has 1 aromatic rings. The normalized spacial score (nSPS) is 10.8. The molecule has 3 heteroatoms. The van der Waals surface area contributed by atoms with Crippen LogP contribution in [0.1, 0.15) is 12.0 Å². The molecule has 0 unspecified atom stereocenters. The summed E-state index contributed by atoms with van der Waals surface area (Å²) in [7, 11) is 0. The number of aromatic hydroxyl groups is 1. The van der Waals surface area contributed by atoms with Gasteiger partial charge in [0.1, 0.15) is 5.75 Å². The van der Waals surface area contributed by atoms with Gasteiger partial charge in [0.2, 0.25) is 0 Å². The summed E-state index contributed by atoms with van der Waals surface area (Å²) in [6.45, 7) is 0. The van der Waals surface area contributed by atoms with Gasteiger partial charge in [-0.05, 0) is 29.9 Å². The van der Waals surface area contributed by atoms with Crippen molar-refractivity contribution in [2.45, 2.75) is 6.42 Å². The maximum Gasteiger partial charge on any atom is 0.139 e. The van der Waals surface area contributed by atoms with Gasteiger partial charge in [0.25, 0.3) is 0 Å². The summed E-state index contributed by atoms with van der Waals surface area (Å²) in [5.41, 5.74) is 6.82. The second-order valence-electron chi connectivity index (χ2n) is 2.73. The van der Waals surface area contributed by atoms with Crippen LogP contribution >= 0.6 is 12.6 Å². The molecule has 0 radical (unpaired) electrons. The second-order valence-corrected chi connectivity index (χ2v) is 3.18. The van der Waals surface area contributed by atoms with Gasteiger partial charge in [-0.2, -0.15) is 12.6 Å². The number of phenols is 1. The van der Waals surface area contributed by atoms with E-state index in [0.717, 1.165) is 17.7 Å². The molecule has 0 fully saturated rings. The van der Waals surface area contributed by atoms with E-state index in [2.05, 4.69) is 12.6 Å². The molecule has 3 N–H and O–H groups in total. The van der Waals surface area contributed by atoms with Crippen LogP contribution in [0, 0.1) is 0 Å². The van der Waals surface area contributed by atoms with Crippen LogP contribution in [0.3, 0.4) is 0 Å². The molecule has 0 saturated carbocycles. The second kappa shape index (κ2) is 4.82. The molecule has 0 aliphatic rings. The zero-order valence-electron chi connectivity index (χ0n) is 7.27. The minimum Gasteiger partial charge on any atom is -0.506 e. The number of hydrogen-bond donors (Lipinski definition) is 3. The molecule has 0 aliphatic carbocycles. The quantitative estimate of drug-likeness (QED) is 0.394. The summed E-state index contributed by atoms with van der Waals surface area (Å²) in [5.74, 6) is 0.963. The molecule has 0 heterocycles. The molecule has 2 nitrogen and oxygen atoms in total. The van der Waals surface area contributed by atoms with Crippen molar-refractivity contribution < 1.29 is 5.11 Å². The van der Waals surface area contributed by atoms with E-state index in [1.165, 1.54) is 0 Å². The van der Waals surface area contributed by atoms with Crippen LogP contribution in [0.15, 0.2) is 24.3 Å². The molecule has 1 rings (SSSR count). The lowest BCUT2D eigenvalue weighted by Crippen LogP contribution is -1.85. The highest BCUT2D eigenvalue weighted by Gasteiger charge is 1.95. The average molecular weight is 195 g/mol. The molecule has 0 spiro atoms. The third kappa shape index (κ3) is 3.03. The maximum absolute atomic E-state index is 9.28. The minimum atomic E-state index is 0.132. The van der Waals surface area contributed by atoms with E-state index < -0.39 is 0 Å². The van der Waals surface area contributed by atoms with E-state index in [1.807, 2.05) is 18.2 Å². The third-order valence-electron chi connectivity index (χ3n) is 1.66. The zero-order valence-corrected chi connectivity index (χ0v) is 8.17. The topological polar surface area (TPSA) is 46.2 Å². The van der Waals surface area contributed by atoms with E-state index in [4.69, 9.17) is 5.73 Å². The molecule has 0 amide bonds. The van der Waals surface area contributed by atoms with E-state index >= 15 is 0 Å². The Labute approximate surface area is 83.5 Å². The summed E-state index contributed by atoms with van der Waals surface area (Å²) in [5, 5.41) is 9.28. The van der Waals surface area contributed by atoms with Gasteiger partial charge in [-0.15, -0.1) is 0 Å². The molecular weight excluding hydrogens is 182 g/mol. The van der Waals surface area contributed by atoms with E-state index in [9.17, 15) is 5.11 Å². The first-order chi connectivity index (χ1) is 6.24. The van der Waals surface area contributed by atoms with Crippen molar-refractivity contribution in [3.63, 3.8) is 0 Å². The maximum atomic E-state index is 9.28. The van der Waals surface area contributed by atoms with Crippen LogP contribution in [0.2, 0.25) is 0 Å². The van der Waals surface area contributed by atoms with Crippen molar-refractivity contribution in [1.82, 2.24) is 0 Å². The minimum absolute atomic E-state index is 0.132. The van der Waals surface area contributed by atoms with Crippen LogP contribution in [-0.4, -0.2) is 10.9 Å². The van der Waals surface area contributed by atoms with Crippen molar-refractivity contribution in [3.8, 4) is 5.75 Å². The molecule has 1 aromatic carbocycles. The fourth-order valence-corrected chi connectivity index (χ4v) is 1.11. The number of benzene rings is 1. The summed E-state index contributed by atoms with van der Waals surface area (Å²) in [6, 6.07) is 5.20. The molecular formula is C10H13NOS. The van der Waals surface area contributed by atoms with Crippen LogP contribution in [0.25, 0.3) is 6.08 Å². The van der Waals surface area contributed by atoms with Crippen molar-refractivity contribution in [1.29, 1.82) is 0 Å². The fraction of sp³-hybridized carbons (Fsp3) is 0.200. The summed E-state index contributed by atoms with van der Waals surface area (Å²) in [4.78, 5) is 0. The van der Waals surface area contributed by atoms with Gasteiger partial charge < -0.3 is 10.8 Å². The lowest BCUT2D eigenvalue weighted by atomic mass is 10.1. The van der Waals surface area contributed by atoms with Gasteiger partial charge in [-0.25, -0.2) is 0 Å². The largest absolute Gasteiger partial charge is 0.506 e. The number of allylic oxidation sites excluding steroid dienone is 1. The van der Waals surface area contributed by atoms with Crippen molar-refractivity contribution in [2.75, 3.05) is 11.5 Å². The monoisotopic (exact) mass is 195 g/mol. The Balaban J connectivity index is 2.73. The Kier molecular flexibility index (Phi) is 3.71. The van der Waals surface area contributed by atoms with Crippen LogP contribution in [0.4, 0.5) is 5.69 Å². The highest BCUT2D eigenvalue weighted by atomic mass is 32.1. The average Bonchev–Trinajstić information content (AvgIpc) is 2.12. The van der Waals surface area contributed by atoms with Gasteiger partial charge in [-0.3, -0.25) is 0 Å². The van der Waals surface area contributed by atoms with E-state index in [0.29, 0.717) is 5.69 Å². The highest BCUT2D eigenvalue weighted by molar-refractivity contribution is 7.80. The lowest BCUT2D eigenvalue weighted by molar-refractivity contribution is 0.478. The lowest BCUT2D eigenvalue weighted by Gasteiger charge is -1.99. The first kappa shape index (κ1) is 9.99. The number of phenolic OH excluding ortho intramolecular Hbond substituents is 1. The fourth-order valence-electron chi connectivity index (χ4n) is 0.958. The van der Waals surface area contributed by atoms with Gasteiger partial charge in [0.15, 0.2) is 0 Å². The van der Waals surface area contributed by atoms with Crippen LogP contribution in [-0.2, 0) is 0 Å². The standard InChI is InChI=1S/C10H13NOS/c11-9-5-4-8(7-10(9)12)3-1-2-6-13/h1,3-5,7,12-13H,2,6,11H2. The summed E-state index contributed by atoms with van der Waals surface area (Å²) < 4.78 is 0. The Bertz CT molecular complexity index is 310. The van der Waals surface area contributed by atoms with Crippen molar-refractivity contribution in [2.24, 2.45) is 0 Å². The van der Waals surface area contributed by atoms with Crippen LogP contribution < -0.4 is 5.73 Å². The Morgan fingerprint density at radius 2 is 2.23 bits per heavy atom. The molecule has 0 atom stereocenters. The first-order valence-electron chi connectivity index (χ1n) is 4.10. The van der Waals surface area contributed by atoms with Gasteiger partial charge in [0.05, 0.1) is 5.69 Å². The molecule has 0 aromatic heterocycles. The zero-order chi connectivity index (χ0) is 9.68. The number of rotatable bonds is 3. The predicted octanol–water partition coefficient (Wildman–Crippen LogP) is 2.31. The Morgan fingerprint density at radius 1 is 1.46 bits per heavy atom. The number of hydrogen-bond acceptors (Lipinski definition) is 3. The van der Waals surface area contributed by atoms with Crippen molar-refractivity contribution in [3.05, 3.63) is 29.8 Å². The molecule has 13 heavy (non-hydrogen) atoms. The van der Waals surface area contributed by atoms with Crippen molar-refractivity contribution >= 4 is 24.4 Å². The third-order valence-corrected chi connectivity index (χ3v) is 1.92. The molecule has 0 aliphatic heterocycles. The summed E-state index contributed by atoms with van der Waals surface area (Å²) in [6.07, 6.45) is 4.88. The van der Waals surface area contributed by atoms with E-state index in [1.54, 1.807) is 12.1 Å². The van der Waals surface area contributed by atoms with Gasteiger partial charge >= 0.3 is 0 Å². The van der Waals surface area contributed by atoms with Crippen LogP contribution in [0.5, 0.6) is 5.75 Å². The van der Waals surface area contributed by atoms with Gasteiger partial charge in [0, 0.05) is 0 Å². The first-order valence-corrected chi connectivity index (χ1v) is 4.73. The van der Waals surface area contributed by atoms with E-state index in [-0.39, 0.29) is 5.75 Å². The number of anilines is 1. The number of nitrogens with two attached hydrogens (primary N) is 1. The Hall–Kier alpha value is -1.09. The molecule has 0 bridgehead atoms. The number of nitrogen functional groups attached to an aromatic ring is 1. The smallest absolute Gasteiger partial charge is 0.139 e. The summed E-state index contributed by atoms with van der Waals surface area (Å²) >= 11 is 4.08.